The number of carbonyl (C=O) groups excluding carboxylic acids is 1. The van der Waals surface area contributed by atoms with Crippen molar-refractivity contribution < 1.29 is 22.9 Å². The Morgan fingerprint density at radius 2 is 1.83 bits per heavy atom. The molecule has 0 aliphatic carbocycles. The Labute approximate surface area is 305 Å². The molecule has 244 valence electrons. The van der Waals surface area contributed by atoms with Crippen LogP contribution < -0.4 is 4.90 Å². The number of imidazole rings is 1. The molecule has 1 aliphatic rings. The Kier molecular flexibility index (Phi) is 13.7. The van der Waals surface area contributed by atoms with Crippen molar-refractivity contribution in [2.24, 2.45) is 0 Å². The third-order valence-electron chi connectivity index (χ3n) is 8.12. The Morgan fingerprint density at radius 3 is 2.48 bits per heavy atom. The molecule has 3 aromatic rings. The fourth-order valence-corrected chi connectivity index (χ4v) is 7.03. The zero-order valence-corrected chi connectivity index (χ0v) is 32.9. The summed E-state index contributed by atoms with van der Waals surface area (Å²) >= 11 is 2.25. The van der Waals surface area contributed by atoms with Crippen LogP contribution in [-0.2, 0) is 24.6 Å². The molecule has 48 heavy (non-hydrogen) atoms. The van der Waals surface area contributed by atoms with E-state index in [1.807, 2.05) is 49.6 Å². The van der Waals surface area contributed by atoms with Crippen LogP contribution in [0, 0.1) is 3.57 Å². The van der Waals surface area contributed by atoms with Gasteiger partial charge in [-0.25, -0.2) is 4.79 Å². The van der Waals surface area contributed by atoms with Gasteiger partial charge < -0.3 is 4.74 Å². The molecule has 0 N–H and O–H groups in total. The first-order valence-electron chi connectivity index (χ1n) is 15.7. The maximum atomic E-state index is 13.6. The fraction of sp³-hybridized carbons (Fsp3) is 0.571. The molecule has 2 aromatic heterocycles. The molecule has 10 nitrogen and oxygen atoms in total. The van der Waals surface area contributed by atoms with Gasteiger partial charge in [0.1, 0.15) is 5.60 Å². The predicted molar refractivity (Wildman–Crippen MR) is 211 cm³/mol. The quantitative estimate of drug-likeness (QED) is 0.219. The van der Waals surface area contributed by atoms with Gasteiger partial charge in [0, 0.05) is 3.57 Å². The van der Waals surface area contributed by atoms with Crippen LogP contribution in [0.1, 0.15) is 59.8 Å². The third-order valence-corrected chi connectivity index (χ3v) is 14.2. The number of rotatable bonds is 10. The van der Waals surface area contributed by atoms with E-state index in [0.29, 0.717) is 23.4 Å². The number of hydrogen-bond donors (Lipinski definition) is 0. The molecule has 1 amide bonds. The molecule has 20 heteroatoms. The fourth-order valence-electron chi connectivity index (χ4n) is 4.70. The second kappa shape index (κ2) is 16.7. The summed E-state index contributed by atoms with van der Waals surface area (Å²) in [5, 5.41) is -0.00426. The molecule has 2 radical (unpaired) electrons. The Hall–Kier alpha value is -1.46. The molecule has 3 heterocycles. The Balaban J connectivity index is 1.67. The number of halogens is 1. The van der Waals surface area contributed by atoms with Gasteiger partial charge in [-0.15, -0.1) is 0 Å². The number of hydrogen-bond acceptors (Lipinski definition) is 8. The number of carbonyl (C=O) groups is 1. The van der Waals surface area contributed by atoms with E-state index in [-0.39, 0.29) is 30.4 Å². The van der Waals surface area contributed by atoms with Crippen LogP contribution in [0.5, 0.6) is 0 Å². The van der Waals surface area contributed by atoms with Gasteiger partial charge in [-0.3, -0.25) is 0 Å². The van der Waals surface area contributed by atoms with Gasteiger partial charge in [0.25, 0.3) is 0 Å². The number of ether oxygens (including phenoxy) is 2. The molecule has 0 unspecified atom stereocenters. The molecule has 0 bridgehead atoms. The zero-order chi connectivity index (χ0) is 35.3. The van der Waals surface area contributed by atoms with Crippen molar-refractivity contribution in [3.63, 3.8) is 0 Å². The van der Waals surface area contributed by atoms with E-state index in [1.54, 1.807) is 32.5 Å². The van der Waals surface area contributed by atoms with Gasteiger partial charge in [0.2, 0.25) is 0 Å². The molecule has 1 aliphatic heterocycles. The van der Waals surface area contributed by atoms with Gasteiger partial charge in [0.05, 0.1) is 0 Å². The summed E-state index contributed by atoms with van der Waals surface area (Å²) in [5.41, 5.74) is 1.19. The minimum absolute atomic E-state index is 0.00426. The summed E-state index contributed by atoms with van der Waals surface area (Å²) in [6.45, 7) is 30.0. The molecule has 1 fully saturated rings. The van der Waals surface area contributed by atoms with Crippen LogP contribution in [0.25, 0.3) is 11.2 Å². The van der Waals surface area contributed by atoms with Crippen LogP contribution >= 0.6 is 32.4 Å². The second-order valence-electron chi connectivity index (χ2n) is 14.0. The molecule has 3 atom stereocenters. The van der Waals surface area contributed by atoms with E-state index in [0.717, 1.165) is 9.13 Å². The van der Waals surface area contributed by atoms with Crippen LogP contribution in [0.15, 0.2) is 36.9 Å². The summed E-state index contributed by atoms with van der Waals surface area (Å²) in [6.07, 6.45) is 2.04. The average molecular weight is 788 g/mol. The van der Waals surface area contributed by atoms with Crippen molar-refractivity contribution in [3.05, 3.63) is 46.1 Å². The van der Waals surface area contributed by atoms with Crippen molar-refractivity contribution in [2.75, 3.05) is 11.5 Å². The second-order valence-corrected chi connectivity index (χ2v) is 21.2. The summed E-state index contributed by atoms with van der Waals surface area (Å²) in [4.78, 5) is 28.9. The van der Waals surface area contributed by atoms with Crippen LogP contribution in [0.2, 0.25) is 18.1 Å². The Bertz CT molecular complexity index is 1800. The first-order valence-corrected chi connectivity index (χ1v) is 21.0. The van der Waals surface area contributed by atoms with Crippen molar-refractivity contribution in [1.82, 2.24) is 19.5 Å². The minimum atomic E-state index is -2.18. The van der Waals surface area contributed by atoms with Crippen molar-refractivity contribution in [2.45, 2.75) is 96.7 Å². The first kappa shape index (κ1) is 39.3. The van der Waals surface area contributed by atoms with Crippen molar-refractivity contribution in [3.8, 4) is 0 Å². The van der Waals surface area contributed by atoms with Gasteiger partial charge in [-0.05, 0) is 61.1 Å². The summed E-state index contributed by atoms with van der Waals surface area (Å²) < 4.78 is 28.3. The number of amides is 1. The summed E-state index contributed by atoms with van der Waals surface area (Å²) in [5.74, 6) is 0.346. The van der Waals surface area contributed by atoms with E-state index in [4.69, 9.17) is 37.3 Å². The SMILES string of the molecule is [B]B=BB=BB=S(#B)OC[C@H]1O[C@@H](n2cnc3c(N(Cc4ccc(I)cc4)C(=O)OC(C)(C)C)ncnc32)C[C@H]1O[Si](C)(C)C(C)(C)C. The summed E-state index contributed by atoms with van der Waals surface area (Å²) in [6, 6.07) is 9.71. The molecule has 0 saturated carbocycles. The van der Waals surface area contributed by atoms with E-state index in [9.17, 15) is 4.79 Å². The Morgan fingerprint density at radius 1 is 1.12 bits per heavy atom. The molecule has 0 spiro atoms. The molecular weight excluding hydrogens is 749 g/mol. The normalized spacial score (nSPS) is 18.7. The number of benzene rings is 1. The van der Waals surface area contributed by atoms with Crippen LogP contribution in [0.4, 0.5) is 10.6 Å². The van der Waals surface area contributed by atoms with E-state index < -0.39 is 36.1 Å². The predicted octanol–water partition coefficient (Wildman–Crippen LogP) is 4.51. The number of nitrogens with zero attached hydrogens (tertiary/aromatic N) is 5. The summed E-state index contributed by atoms with van der Waals surface area (Å²) in [7, 11) is 2.28. The van der Waals surface area contributed by atoms with E-state index >= 15 is 0 Å². The number of fused-ring (bicyclic) bond motifs is 1. The molecular formula is C28H39B7IN5O5SSi. The van der Waals surface area contributed by atoms with Crippen LogP contribution in [0.3, 0.4) is 0 Å². The third kappa shape index (κ3) is 10.5. The maximum absolute atomic E-state index is 13.6. The van der Waals surface area contributed by atoms with Gasteiger partial charge >= 0.3 is 216 Å². The number of anilines is 1. The van der Waals surface area contributed by atoms with Gasteiger partial charge in [0.15, 0.2) is 0 Å². The number of aromatic nitrogens is 4. The van der Waals surface area contributed by atoms with Crippen molar-refractivity contribution >= 4 is 111 Å². The van der Waals surface area contributed by atoms with Gasteiger partial charge in [-0.2, -0.15) is 0 Å². The van der Waals surface area contributed by atoms with Gasteiger partial charge in [-0.1, -0.05) is 12.1 Å². The molecule has 1 aromatic carbocycles. The molecule has 1 saturated heterocycles. The standard InChI is InChI=1S/C28H39B7IN5O5SSi/c1-27(2,3)45-26(42)40(14-18-9-11-19(36)12-10-18)24-23-25(38-16-37-24)41(17-39-23)22-13-20(46-48(7,8)28(4,5)6)21(44-22)15-43-47(30)35-34-33-32-31-29/h9-12,16-17,20-22H,13-15H2,1-8H3/t20-,21-,22-/m1/s1. The zero-order valence-electron chi connectivity index (χ0n) is 28.9. The van der Waals surface area contributed by atoms with Crippen molar-refractivity contribution in [1.29, 1.82) is 0 Å². The topological polar surface area (TPSA) is 101 Å². The monoisotopic (exact) mass is 789 g/mol. The van der Waals surface area contributed by atoms with Crippen LogP contribution in [-0.4, -0.2) is 105 Å². The average Bonchev–Trinajstić information content (AvgIpc) is 3.60. The first-order chi connectivity index (χ1) is 22.5. The van der Waals surface area contributed by atoms with E-state index in [1.165, 1.54) is 17.9 Å². The molecule has 4 rings (SSSR count). The van der Waals surface area contributed by atoms with E-state index in [2.05, 4.69) is 66.4 Å².